The van der Waals surface area contributed by atoms with E-state index < -0.39 is 24.1 Å². The van der Waals surface area contributed by atoms with E-state index >= 15 is 0 Å². The number of ether oxygens (including phenoxy) is 1. The molecule has 7 nitrogen and oxygen atoms in total. The fourth-order valence-corrected chi connectivity index (χ4v) is 2.92. The van der Waals surface area contributed by atoms with Gasteiger partial charge in [-0.05, 0) is 30.9 Å². The van der Waals surface area contributed by atoms with Crippen LogP contribution < -0.4 is 16.0 Å². The van der Waals surface area contributed by atoms with Gasteiger partial charge in [0, 0.05) is 17.3 Å². The van der Waals surface area contributed by atoms with Crippen LogP contribution in [0.4, 0.5) is 10.5 Å². The first-order chi connectivity index (χ1) is 14.4. The van der Waals surface area contributed by atoms with Crippen LogP contribution in [0.5, 0.6) is 0 Å². The van der Waals surface area contributed by atoms with E-state index in [1.54, 1.807) is 62.4 Å². The van der Waals surface area contributed by atoms with Crippen molar-refractivity contribution < 1.29 is 19.1 Å². The molecule has 30 heavy (non-hydrogen) atoms. The zero-order chi connectivity index (χ0) is 21.5. The molecular formula is C23H27N3O4. The standard InChI is InChI=1S/C23H27N3O4/c1-15(2)19(26-23(29)25-17-11-7-4-8-12-17)22(28)30-20(16-9-5-3-6-10-16)21(27)24-18-13-14-18/h3-12,15,18-20H,13-14H2,1-2H3,(H,24,27)(H2,25,26,29)/t19-,20+/m0/s1. The van der Waals surface area contributed by atoms with Crippen LogP contribution in [0, 0.1) is 5.92 Å². The van der Waals surface area contributed by atoms with Gasteiger partial charge in [-0.25, -0.2) is 9.59 Å². The molecule has 0 saturated heterocycles. The predicted molar refractivity (Wildman–Crippen MR) is 114 cm³/mol. The third-order valence-electron chi connectivity index (χ3n) is 4.74. The van der Waals surface area contributed by atoms with Gasteiger partial charge < -0.3 is 20.7 Å². The van der Waals surface area contributed by atoms with Gasteiger partial charge in [0.1, 0.15) is 6.04 Å². The quantitative estimate of drug-likeness (QED) is 0.582. The average Bonchev–Trinajstić information content (AvgIpc) is 3.55. The number of rotatable bonds is 8. The van der Waals surface area contributed by atoms with Crippen molar-refractivity contribution in [1.29, 1.82) is 0 Å². The van der Waals surface area contributed by atoms with Crippen molar-refractivity contribution in [3.05, 3.63) is 66.2 Å². The predicted octanol–water partition coefficient (Wildman–Crippen LogP) is 3.40. The van der Waals surface area contributed by atoms with Gasteiger partial charge in [0.15, 0.2) is 0 Å². The molecule has 1 fully saturated rings. The van der Waals surface area contributed by atoms with E-state index in [1.807, 2.05) is 12.1 Å². The number of carbonyl (C=O) groups is 3. The van der Waals surface area contributed by atoms with Crippen LogP contribution in [0.3, 0.4) is 0 Å². The molecule has 1 aliphatic rings. The third-order valence-corrected chi connectivity index (χ3v) is 4.74. The van der Waals surface area contributed by atoms with Crippen LogP contribution in [0.2, 0.25) is 0 Å². The Hall–Kier alpha value is -3.35. The Labute approximate surface area is 176 Å². The molecule has 1 saturated carbocycles. The highest BCUT2D eigenvalue weighted by molar-refractivity contribution is 5.93. The number of amides is 3. The summed E-state index contributed by atoms with van der Waals surface area (Å²) in [6, 6.07) is 16.5. The molecule has 3 amide bonds. The summed E-state index contributed by atoms with van der Waals surface area (Å²) in [5.41, 5.74) is 1.19. The average molecular weight is 409 g/mol. The lowest BCUT2D eigenvalue weighted by atomic mass is 10.0. The van der Waals surface area contributed by atoms with Crippen molar-refractivity contribution in [3.63, 3.8) is 0 Å². The number of para-hydroxylation sites is 1. The van der Waals surface area contributed by atoms with Crippen LogP contribution in [0.1, 0.15) is 38.4 Å². The van der Waals surface area contributed by atoms with Crippen LogP contribution in [0.25, 0.3) is 0 Å². The fraction of sp³-hybridized carbons (Fsp3) is 0.348. The highest BCUT2D eigenvalue weighted by Crippen LogP contribution is 2.24. The maximum atomic E-state index is 12.9. The van der Waals surface area contributed by atoms with Gasteiger partial charge in [-0.1, -0.05) is 62.4 Å². The SMILES string of the molecule is CC(C)[C@H](NC(=O)Nc1ccccc1)C(=O)O[C@@H](C(=O)NC1CC1)c1ccccc1. The maximum Gasteiger partial charge on any atom is 0.330 e. The molecule has 7 heteroatoms. The minimum absolute atomic E-state index is 0.137. The molecule has 0 radical (unpaired) electrons. The highest BCUT2D eigenvalue weighted by atomic mass is 16.5. The molecule has 2 atom stereocenters. The minimum Gasteiger partial charge on any atom is -0.446 e. The first-order valence-electron chi connectivity index (χ1n) is 10.1. The molecule has 0 heterocycles. The number of hydrogen-bond acceptors (Lipinski definition) is 4. The van der Waals surface area contributed by atoms with E-state index in [0.717, 1.165) is 12.8 Å². The second-order valence-corrected chi connectivity index (χ2v) is 7.70. The number of anilines is 1. The Morgan fingerprint density at radius 1 is 0.933 bits per heavy atom. The van der Waals surface area contributed by atoms with Gasteiger partial charge in [-0.3, -0.25) is 4.79 Å². The summed E-state index contributed by atoms with van der Waals surface area (Å²) in [6.07, 6.45) is 0.785. The number of nitrogens with one attached hydrogen (secondary N) is 3. The first-order valence-corrected chi connectivity index (χ1v) is 10.1. The molecule has 0 aliphatic heterocycles. The van der Waals surface area contributed by atoms with E-state index in [2.05, 4.69) is 16.0 Å². The van der Waals surface area contributed by atoms with Gasteiger partial charge in [0.05, 0.1) is 0 Å². The van der Waals surface area contributed by atoms with Crippen LogP contribution in [-0.4, -0.2) is 30.0 Å². The van der Waals surface area contributed by atoms with Crippen molar-refractivity contribution in [2.75, 3.05) is 5.32 Å². The molecule has 2 aromatic carbocycles. The number of carbonyl (C=O) groups excluding carboxylic acids is 3. The lowest BCUT2D eigenvalue weighted by Crippen LogP contribution is -2.48. The molecule has 3 N–H and O–H groups in total. The molecule has 158 valence electrons. The second-order valence-electron chi connectivity index (χ2n) is 7.70. The maximum absolute atomic E-state index is 12.9. The Morgan fingerprint density at radius 2 is 1.53 bits per heavy atom. The fourth-order valence-electron chi connectivity index (χ4n) is 2.92. The summed E-state index contributed by atoms with van der Waals surface area (Å²) < 4.78 is 5.61. The Balaban J connectivity index is 1.69. The second kappa shape index (κ2) is 9.91. The number of urea groups is 1. The van der Waals surface area contributed by atoms with Crippen LogP contribution in [-0.2, 0) is 14.3 Å². The van der Waals surface area contributed by atoms with E-state index in [9.17, 15) is 14.4 Å². The smallest absolute Gasteiger partial charge is 0.330 e. The molecule has 0 bridgehead atoms. The zero-order valence-corrected chi connectivity index (χ0v) is 17.1. The molecule has 0 spiro atoms. The van der Waals surface area contributed by atoms with Crippen molar-refractivity contribution in [1.82, 2.24) is 10.6 Å². The van der Waals surface area contributed by atoms with Gasteiger partial charge in [0.25, 0.3) is 5.91 Å². The first kappa shape index (κ1) is 21.4. The van der Waals surface area contributed by atoms with E-state index in [-0.39, 0.29) is 17.9 Å². The van der Waals surface area contributed by atoms with Gasteiger partial charge >= 0.3 is 12.0 Å². The molecule has 1 aliphatic carbocycles. The van der Waals surface area contributed by atoms with Crippen molar-refractivity contribution >= 4 is 23.6 Å². The van der Waals surface area contributed by atoms with Crippen molar-refractivity contribution in [2.45, 2.75) is 44.9 Å². The van der Waals surface area contributed by atoms with Crippen LogP contribution >= 0.6 is 0 Å². The lowest BCUT2D eigenvalue weighted by Gasteiger charge is -2.24. The van der Waals surface area contributed by atoms with E-state index in [1.165, 1.54) is 0 Å². The molecular weight excluding hydrogens is 382 g/mol. The largest absolute Gasteiger partial charge is 0.446 e. The van der Waals surface area contributed by atoms with Crippen molar-refractivity contribution in [2.24, 2.45) is 5.92 Å². The summed E-state index contributed by atoms with van der Waals surface area (Å²) in [7, 11) is 0. The van der Waals surface area contributed by atoms with E-state index in [0.29, 0.717) is 11.3 Å². The van der Waals surface area contributed by atoms with E-state index in [4.69, 9.17) is 4.74 Å². The Kier molecular flexibility index (Phi) is 7.06. The lowest BCUT2D eigenvalue weighted by molar-refractivity contribution is -0.159. The third kappa shape index (κ3) is 6.07. The molecule has 3 rings (SSSR count). The zero-order valence-electron chi connectivity index (χ0n) is 17.1. The summed E-state index contributed by atoms with van der Waals surface area (Å²) in [5, 5.41) is 8.23. The summed E-state index contributed by atoms with van der Waals surface area (Å²) >= 11 is 0. The number of benzene rings is 2. The van der Waals surface area contributed by atoms with Gasteiger partial charge in [0.2, 0.25) is 6.10 Å². The summed E-state index contributed by atoms with van der Waals surface area (Å²) in [4.78, 5) is 38.0. The number of esters is 1. The Morgan fingerprint density at radius 3 is 2.10 bits per heavy atom. The van der Waals surface area contributed by atoms with Gasteiger partial charge in [-0.15, -0.1) is 0 Å². The summed E-state index contributed by atoms with van der Waals surface area (Å²) in [5.74, 6) is -1.25. The molecule has 2 aromatic rings. The monoisotopic (exact) mass is 409 g/mol. The van der Waals surface area contributed by atoms with Crippen molar-refractivity contribution in [3.8, 4) is 0 Å². The van der Waals surface area contributed by atoms with Crippen LogP contribution in [0.15, 0.2) is 60.7 Å². The Bertz CT molecular complexity index is 867. The minimum atomic E-state index is -1.07. The number of hydrogen-bond donors (Lipinski definition) is 3. The topological polar surface area (TPSA) is 96.5 Å². The molecule has 0 aromatic heterocycles. The summed E-state index contributed by atoms with van der Waals surface area (Å²) in [6.45, 7) is 3.60. The van der Waals surface area contributed by atoms with Gasteiger partial charge in [-0.2, -0.15) is 0 Å². The normalized spacial score (nSPS) is 15.0. The highest BCUT2D eigenvalue weighted by Gasteiger charge is 2.34. The molecule has 0 unspecified atom stereocenters.